The topological polar surface area (TPSA) is 20.3 Å². The molecule has 7 heteroatoms. The third kappa shape index (κ3) is 3.57. The number of hydrogen-bond donors (Lipinski definition) is 0. The lowest BCUT2D eigenvalue weighted by Crippen LogP contribution is -2.36. The van der Waals surface area contributed by atoms with Gasteiger partial charge in [-0.1, -0.05) is 11.6 Å². The number of hydrogen-bond acceptors (Lipinski definition) is 2. The molecule has 1 aromatic heterocycles. The van der Waals surface area contributed by atoms with E-state index >= 15 is 0 Å². The van der Waals surface area contributed by atoms with Crippen LogP contribution in [0.25, 0.3) is 0 Å². The zero-order valence-electron chi connectivity index (χ0n) is 8.13. The Balaban J connectivity index is 2.78. The number of carbonyl (C=O) groups is 1. The minimum atomic E-state index is -2.58. The Bertz CT molecular complexity index is 359. The molecule has 0 N–H and O–H groups in total. The summed E-state index contributed by atoms with van der Waals surface area (Å²) in [5, 5.41) is 1.92. The second-order valence-electron chi connectivity index (χ2n) is 2.93. The summed E-state index contributed by atoms with van der Waals surface area (Å²) in [5.41, 5.74) is 0. The van der Waals surface area contributed by atoms with Gasteiger partial charge in [0.25, 0.3) is 12.3 Å². The highest BCUT2D eigenvalue weighted by Crippen LogP contribution is 2.23. The SMILES string of the molecule is O=C(c1sccc1Cl)N(CCCl)CC(F)F. The molecule has 0 saturated carbocycles. The lowest BCUT2D eigenvalue weighted by atomic mass is 10.4. The summed E-state index contributed by atoms with van der Waals surface area (Å²) in [6.45, 7) is -0.543. The maximum atomic E-state index is 12.2. The van der Waals surface area contributed by atoms with E-state index in [1.165, 1.54) is 0 Å². The summed E-state index contributed by atoms with van der Waals surface area (Å²) in [4.78, 5) is 13.1. The van der Waals surface area contributed by atoms with Crippen molar-refractivity contribution in [2.75, 3.05) is 19.0 Å². The number of thiophene rings is 1. The first-order valence-corrected chi connectivity index (χ1v) is 6.22. The van der Waals surface area contributed by atoms with E-state index in [4.69, 9.17) is 23.2 Å². The van der Waals surface area contributed by atoms with E-state index in [9.17, 15) is 13.6 Å². The van der Waals surface area contributed by atoms with E-state index in [1.54, 1.807) is 11.4 Å². The summed E-state index contributed by atoms with van der Waals surface area (Å²) in [6.07, 6.45) is -2.58. The van der Waals surface area contributed by atoms with Crippen LogP contribution in [0.4, 0.5) is 8.78 Å². The van der Waals surface area contributed by atoms with Gasteiger partial charge in [0.2, 0.25) is 0 Å². The maximum absolute atomic E-state index is 12.2. The van der Waals surface area contributed by atoms with Gasteiger partial charge < -0.3 is 4.90 Å². The lowest BCUT2D eigenvalue weighted by Gasteiger charge is -2.20. The molecule has 0 aliphatic heterocycles. The molecule has 1 aromatic rings. The Morgan fingerprint density at radius 1 is 1.56 bits per heavy atom. The Labute approximate surface area is 106 Å². The van der Waals surface area contributed by atoms with Crippen molar-refractivity contribution in [3.05, 3.63) is 21.3 Å². The summed E-state index contributed by atoms with van der Waals surface area (Å²) in [6, 6.07) is 1.56. The van der Waals surface area contributed by atoms with Gasteiger partial charge >= 0.3 is 0 Å². The van der Waals surface area contributed by atoms with E-state index in [0.717, 1.165) is 16.2 Å². The van der Waals surface area contributed by atoms with Gasteiger partial charge in [-0.2, -0.15) is 0 Å². The quantitative estimate of drug-likeness (QED) is 0.761. The average molecular weight is 288 g/mol. The van der Waals surface area contributed by atoms with E-state index < -0.39 is 18.9 Å². The number of alkyl halides is 3. The fourth-order valence-corrected chi connectivity index (χ4v) is 2.44. The van der Waals surface area contributed by atoms with Crippen molar-refractivity contribution in [2.45, 2.75) is 6.43 Å². The third-order valence-electron chi connectivity index (χ3n) is 1.81. The zero-order valence-corrected chi connectivity index (χ0v) is 10.5. The molecule has 1 heterocycles. The van der Waals surface area contributed by atoms with Crippen LogP contribution in [0.15, 0.2) is 11.4 Å². The highest BCUT2D eigenvalue weighted by atomic mass is 35.5. The van der Waals surface area contributed by atoms with Gasteiger partial charge in [-0.25, -0.2) is 8.78 Å². The van der Waals surface area contributed by atoms with Gasteiger partial charge in [-0.15, -0.1) is 22.9 Å². The molecular formula is C9H9Cl2F2NOS. The number of amides is 1. The molecule has 0 spiro atoms. The monoisotopic (exact) mass is 287 g/mol. The first-order chi connectivity index (χ1) is 7.56. The van der Waals surface area contributed by atoms with E-state index in [-0.39, 0.29) is 22.3 Å². The van der Waals surface area contributed by atoms with Crippen LogP contribution in [-0.2, 0) is 0 Å². The van der Waals surface area contributed by atoms with Crippen LogP contribution in [0.5, 0.6) is 0 Å². The van der Waals surface area contributed by atoms with Crippen LogP contribution >= 0.6 is 34.5 Å². The molecule has 1 rings (SSSR count). The lowest BCUT2D eigenvalue weighted by molar-refractivity contribution is 0.0575. The smallest absolute Gasteiger partial charge is 0.265 e. The van der Waals surface area contributed by atoms with Crippen LogP contribution < -0.4 is 0 Å². The predicted octanol–water partition coefficient (Wildman–Crippen LogP) is 3.35. The van der Waals surface area contributed by atoms with Crippen molar-refractivity contribution in [3.63, 3.8) is 0 Å². The minimum absolute atomic E-state index is 0.0823. The van der Waals surface area contributed by atoms with Crippen molar-refractivity contribution >= 4 is 40.4 Å². The molecule has 2 nitrogen and oxygen atoms in total. The van der Waals surface area contributed by atoms with Crippen molar-refractivity contribution in [1.82, 2.24) is 4.90 Å². The summed E-state index contributed by atoms with van der Waals surface area (Å²) in [5.74, 6) is -0.387. The van der Waals surface area contributed by atoms with Crippen LogP contribution in [0, 0.1) is 0 Å². The highest BCUT2D eigenvalue weighted by molar-refractivity contribution is 7.12. The number of halogens is 4. The van der Waals surface area contributed by atoms with E-state index in [1.807, 2.05) is 0 Å². The molecule has 0 aromatic carbocycles. The number of rotatable bonds is 5. The molecule has 0 bridgehead atoms. The summed E-state index contributed by atoms with van der Waals surface area (Å²) in [7, 11) is 0. The molecule has 0 saturated heterocycles. The molecule has 0 fully saturated rings. The van der Waals surface area contributed by atoms with Crippen molar-refractivity contribution < 1.29 is 13.6 Å². The molecule has 0 aliphatic carbocycles. The van der Waals surface area contributed by atoms with E-state index in [0.29, 0.717) is 0 Å². The predicted molar refractivity (Wildman–Crippen MR) is 62.0 cm³/mol. The Morgan fingerprint density at radius 2 is 2.25 bits per heavy atom. The minimum Gasteiger partial charge on any atom is -0.331 e. The van der Waals surface area contributed by atoms with Gasteiger partial charge in [0.15, 0.2) is 0 Å². The second-order valence-corrected chi connectivity index (χ2v) is 4.63. The molecule has 90 valence electrons. The van der Waals surface area contributed by atoms with Crippen molar-refractivity contribution in [2.24, 2.45) is 0 Å². The Kier molecular flexibility index (Phi) is 5.44. The molecular weight excluding hydrogens is 279 g/mol. The average Bonchev–Trinajstić information content (AvgIpc) is 2.62. The molecule has 0 atom stereocenters. The highest BCUT2D eigenvalue weighted by Gasteiger charge is 2.22. The van der Waals surface area contributed by atoms with Crippen molar-refractivity contribution in [1.29, 1.82) is 0 Å². The number of carbonyl (C=O) groups excluding carboxylic acids is 1. The van der Waals surface area contributed by atoms with Gasteiger partial charge in [0.05, 0.1) is 11.6 Å². The maximum Gasteiger partial charge on any atom is 0.265 e. The van der Waals surface area contributed by atoms with Gasteiger partial charge in [-0.3, -0.25) is 4.79 Å². The normalized spacial score (nSPS) is 10.8. The molecule has 0 unspecified atom stereocenters. The first kappa shape index (κ1) is 13.7. The molecule has 0 aliphatic rings. The number of nitrogens with zero attached hydrogens (tertiary/aromatic N) is 1. The van der Waals surface area contributed by atoms with Crippen LogP contribution in [0.3, 0.4) is 0 Å². The summed E-state index contributed by atoms with van der Waals surface area (Å²) < 4.78 is 24.5. The van der Waals surface area contributed by atoms with Crippen LogP contribution in [0.1, 0.15) is 9.67 Å². The largest absolute Gasteiger partial charge is 0.331 e. The van der Waals surface area contributed by atoms with Gasteiger partial charge in [0, 0.05) is 12.4 Å². The standard InChI is InChI=1S/C9H9Cl2F2NOS/c10-2-3-14(5-7(12)13)9(15)8-6(11)1-4-16-8/h1,4,7H,2-3,5H2. The molecule has 0 radical (unpaired) electrons. The molecule has 1 amide bonds. The fraction of sp³-hybridized carbons (Fsp3) is 0.444. The van der Waals surface area contributed by atoms with Crippen LogP contribution in [-0.4, -0.2) is 36.2 Å². The Morgan fingerprint density at radius 3 is 2.69 bits per heavy atom. The van der Waals surface area contributed by atoms with Crippen molar-refractivity contribution in [3.8, 4) is 0 Å². The molecule has 16 heavy (non-hydrogen) atoms. The van der Waals surface area contributed by atoms with Gasteiger partial charge in [-0.05, 0) is 11.4 Å². The Hall–Kier alpha value is -0.390. The second kappa shape index (κ2) is 6.37. The van der Waals surface area contributed by atoms with Gasteiger partial charge in [0.1, 0.15) is 4.88 Å². The first-order valence-electron chi connectivity index (χ1n) is 4.42. The fourth-order valence-electron chi connectivity index (χ4n) is 1.13. The summed E-state index contributed by atoms with van der Waals surface area (Å²) >= 11 is 12.3. The van der Waals surface area contributed by atoms with E-state index in [2.05, 4.69) is 0 Å². The third-order valence-corrected chi connectivity index (χ3v) is 3.31. The zero-order chi connectivity index (χ0) is 12.1. The van der Waals surface area contributed by atoms with Crippen LogP contribution in [0.2, 0.25) is 5.02 Å².